The van der Waals surface area contributed by atoms with E-state index in [1.807, 2.05) is 20.8 Å². The van der Waals surface area contributed by atoms with Gasteiger partial charge in [0.25, 0.3) is 0 Å². The van der Waals surface area contributed by atoms with E-state index < -0.39 is 11.5 Å². The van der Waals surface area contributed by atoms with Crippen LogP contribution in [0.25, 0.3) is 0 Å². The van der Waals surface area contributed by atoms with Gasteiger partial charge in [0, 0.05) is 31.7 Å². The fourth-order valence-electron chi connectivity index (χ4n) is 2.55. The van der Waals surface area contributed by atoms with Gasteiger partial charge in [-0.15, -0.1) is 0 Å². The van der Waals surface area contributed by atoms with Gasteiger partial charge in [-0.05, 0) is 39.0 Å². The molecule has 132 valence electrons. The lowest BCUT2D eigenvalue weighted by Crippen LogP contribution is -2.50. The smallest absolute Gasteiger partial charge is 0.410 e. The number of amides is 2. The summed E-state index contributed by atoms with van der Waals surface area (Å²) in [7, 11) is 1.58. The maximum atomic E-state index is 12.1. The molecule has 2 amide bonds. The molecule has 0 unspecified atom stereocenters. The summed E-state index contributed by atoms with van der Waals surface area (Å²) < 4.78 is 10.8. The lowest BCUT2D eigenvalue weighted by molar-refractivity contribution is 0.0240. The highest BCUT2D eigenvalue weighted by Gasteiger charge is 2.27. The molecule has 24 heavy (non-hydrogen) atoms. The van der Waals surface area contributed by atoms with Gasteiger partial charge < -0.3 is 25.0 Å². The quantitative estimate of drug-likeness (QED) is 0.911. The Bertz CT molecular complexity index is 617. The highest BCUT2D eigenvalue weighted by molar-refractivity contribution is 5.94. The summed E-state index contributed by atoms with van der Waals surface area (Å²) in [4.78, 5) is 27.3. The fraction of sp³-hybridized carbons (Fsp3) is 0.529. The molecule has 1 fully saturated rings. The number of methoxy groups -OCH3 is 1. The van der Waals surface area contributed by atoms with Crippen LogP contribution in [0.2, 0.25) is 0 Å². The number of carbonyl (C=O) groups excluding carboxylic acids is 2. The van der Waals surface area contributed by atoms with Crippen molar-refractivity contribution in [3.63, 3.8) is 0 Å². The first-order valence-corrected chi connectivity index (χ1v) is 7.92. The fourth-order valence-corrected chi connectivity index (χ4v) is 2.55. The Morgan fingerprint density at radius 1 is 1.12 bits per heavy atom. The van der Waals surface area contributed by atoms with Crippen molar-refractivity contribution in [2.75, 3.05) is 38.2 Å². The van der Waals surface area contributed by atoms with Gasteiger partial charge in [0.15, 0.2) is 0 Å². The molecule has 0 atom stereocenters. The minimum Gasteiger partial charge on any atom is -0.495 e. The van der Waals surface area contributed by atoms with E-state index in [0.717, 1.165) is 5.69 Å². The molecule has 1 heterocycles. The molecule has 0 spiro atoms. The van der Waals surface area contributed by atoms with E-state index in [0.29, 0.717) is 37.5 Å². The summed E-state index contributed by atoms with van der Waals surface area (Å²) in [5.74, 6) is 0.192. The second kappa shape index (κ2) is 6.98. The zero-order valence-corrected chi connectivity index (χ0v) is 14.7. The third-order valence-electron chi connectivity index (χ3n) is 3.74. The van der Waals surface area contributed by atoms with Crippen molar-refractivity contribution in [2.45, 2.75) is 26.4 Å². The van der Waals surface area contributed by atoms with Crippen molar-refractivity contribution in [3.8, 4) is 5.75 Å². The number of hydrogen-bond acceptors (Lipinski definition) is 5. The molecule has 2 rings (SSSR count). The number of primary amides is 1. The lowest BCUT2D eigenvalue weighted by atomic mass is 10.1. The molecule has 0 aliphatic carbocycles. The Hall–Kier alpha value is -2.44. The zero-order chi connectivity index (χ0) is 17.9. The standard InChI is InChI=1S/C17H25N3O4/c1-17(2,3)24-16(22)20-9-7-19(8-10-20)13-11-12(15(18)21)5-6-14(13)23-4/h5-6,11H,7-10H2,1-4H3,(H2,18,21). The van der Waals surface area contributed by atoms with E-state index in [9.17, 15) is 9.59 Å². The second-order valence-corrected chi connectivity index (χ2v) is 6.71. The largest absolute Gasteiger partial charge is 0.495 e. The molecule has 0 bridgehead atoms. The molecule has 0 saturated carbocycles. The van der Waals surface area contributed by atoms with Gasteiger partial charge >= 0.3 is 6.09 Å². The monoisotopic (exact) mass is 335 g/mol. The van der Waals surface area contributed by atoms with Crippen LogP contribution in [0.1, 0.15) is 31.1 Å². The van der Waals surface area contributed by atoms with Gasteiger partial charge in [-0.1, -0.05) is 0 Å². The first-order valence-electron chi connectivity index (χ1n) is 7.92. The van der Waals surface area contributed by atoms with Crippen LogP contribution in [0, 0.1) is 0 Å². The summed E-state index contributed by atoms with van der Waals surface area (Å²) in [6.45, 7) is 7.87. The maximum Gasteiger partial charge on any atom is 0.410 e. The Kier molecular flexibility index (Phi) is 5.21. The van der Waals surface area contributed by atoms with E-state index in [1.54, 1.807) is 30.2 Å². The number of nitrogens with two attached hydrogens (primary N) is 1. The predicted molar refractivity (Wildman–Crippen MR) is 91.5 cm³/mol. The van der Waals surface area contributed by atoms with E-state index >= 15 is 0 Å². The van der Waals surface area contributed by atoms with Gasteiger partial charge in [0.2, 0.25) is 5.91 Å². The summed E-state index contributed by atoms with van der Waals surface area (Å²) in [6, 6.07) is 5.10. The molecule has 0 aromatic heterocycles. The number of hydrogen-bond donors (Lipinski definition) is 1. The van der Waals surface area contributed by atoms with E-state index in [1.165, 1.54) is 0 Å². The number of ether oxygens (including phenoxy) is 2. The van der Waals surface area contributed by atoms with E-state index in [2.05, 4.69) is 4.90 Å². The molecule has 1 aliphatic heterocycles. The molecule has 1 aromatic carbocycles. The van der Waals surface area contributed by atoms with Crippen molar-refractivity contribution in [2.24, 2.45) is 5.73 Å². The zero-order valence-electron chi connectivity index (χ0n) is 14.7. The second-order valence-electron chi connectivity index (χ2n) is 6.71. The number of benzene rings is 1. The van der Waals surface area contributed by atoms with Crippen molar-refractivity contribution in [1.82, 2.24) is 4.90 Å². The molecule has 1 aliphatic rings. The third-order valence-corrected chi connectivity index (χ3v) is 3.74. The van der Waals surface area contributed by atoms with Gasteiger partial charge in [-0.2, -0.15) is 0 Å². The molecule has 2 N–H and O–H groups in total. The van der Waals surface area contributed by atoms with Gasteiger partial charge in [-0.3, -0.25) is 4.79 Å². The van der Waals surface area contributed by atoms with Crippen molar-refractivity contribution < 1.29 is 19.1 Å². The number of anilines is 1. The SMILES string of the molecule is COc1ccc(C(N)=O)cc1N1CCN(C(=O)OC(C)(C)C)CC1. The third kappa shape index (κ3) is 4.31. The number of rotatable bonds is 3. The Labute approximate surface area is 142 Å². The summed E-state index contributed by atoms with van der Waals surface area (Å²) in [5, 5.41) is 0. The first kappa shape index (κ1) is 17.9. The summed E-state index contributed by atoms with van der Waals surface area (Å²) >= 11 is 0. The lowest BCUT2D eigenvalue weighted by Gasteiger charge is -2.37. The summed E-state index contributed by atoms with van der Waals surface area (Å²) in [5.41, 5.74) is 6.08. The van der Waals surface area contributed by atoms with Crippen molar-refractivity contribution in [1.29, 1.82) is 0 Å². The molecule has 1 saturated heterocycles. The summed E-state index contributed by atoms with van der Waals surface area (Å²) in [6.07, 6.45) is -0.306. The minimum absolute atomic E-state index is 0.306. The highest BCUT2D eigenvalue weighted by Crippen LogP contribution is 2.30. The average Bonchev–Trinajstić information content (AvgIpc) is 2.52. The van der Waals surface area contributed by atoms with E-state index in [-0.39, 0.29) is 6.09 Å². The molecular formula is C17H25N3O4. The van der Waals surface area contributed by atoms with Crippen molar-refractivity contribution in [3.05, 3.63) is 23.8 Å². The molecule has 1 aromatic rings. The van der Waals surface area contributed by atoms with Crippen LogP contribution in [-0.2, 0) is 4.74 Å². The molecular weight excluding hydrogens is 310 g/mol. The van der Waals surface area contributed by atoms with Crippen LogP contribution in [0.3, 0.4) is 0 Å². The topological polar surface area (TPSA) is 85.1 Å². The Balaban J connectivity index is 2.08. The predicted octanol–water partition coefficient (Wildman–Crippen LogP) is 1.85. The Morgan fingerprint density at radius 3 is 2.25 bits per heavy atom. The van der Waals surface area contributed by atoms with Gasteiger partial charge in [0.1, 0.15) is 11.4 Å². The van der Waals surface area contributed by atoms with Crippen LogP contribution in [0.5, 0.6) is 5.75 Å². The molecule has 7 nitrogen and oxygen atoms in total. The van der Waals surface area contributed by atoms with Crippen LogP contribution < -0.4 is 15.4 Å². The van der Waals surface area contributed by atoms with Crippen LogP contribution in [0.15, 0.2) is 18.2 Å². The first-order chi connectivity index (χ1) is 11.2. The van der Waals surface area contributed by atoms with E-state index in [4.69, 9.17) is 15.2 Å². The number of nitrogens with zero attached hydrogens (tertiary/aromatic N) is 2. The average molecular weight is 335 g/mol. The van der Waals surface area contributed by atoms with Crippen molar-refractivity contribution >= 4 is 17.7 Å². The molecule has 0 radical (unpaired) electrons. The minimum atomic E-state index is -0.507. The highest BCUT2D eigenvalue weighted by atomic mass is 16.6. The number of carbonyl (C=O) groups is 2. The van der Waals surface area contributed by atoms with Crippen LogP contribution >= 0.6 is 0 Å². The van der Waals surface area contributed by atoms with Crippen LogP contribution in [0.4, 0.5) is 10.5 Å². The Morgan fingerprint density at radius 2 is 1.75 bits per heavy atom. The maximum absolute atomic E-state index is 12.1. The van der Waals surface area contributed by atoms with Gasteiger partial charge in [-0.25, -0.2) is 4.79 Å². The van der Waals surface area contributed by atoms with Crippen LogP contribution in [-0.4, -0.2) is 55.8 Å². The normalized spacial score (nSPS) is 15.2. The number of piperazine rings is 1. The van der Waals surface area contributed by atoms with Gasteiger partial charge in [0.05, 0.1) is 12.8 Å². The molecule has 7 heteroatoms.